The summed E-state index contributed by atoms with van der Waals surface area (Å²) in [5.74, 6) is 0. The van der Waals surface area contributed by atoms with Crippen LogP contribution in [0.15, 0.2) is 68.7 Å². The Kier molecular flexibility index (Phi) is 4.54. The summed E-state index contributed by atoms with van der Waals surface area (Å²) in [6.07, 6.45) is 0. The van der Waals surface area contributed by atoms with Crippen molar-refractivity contribution < 1.29 is 8.42 Å². The normalized spacial score (nSPS) is 14.9. The van der Waals surface area contributed by atoms with E-state index in [9.17, 15) is 8.42 Å². The molecule has 0 atom stereocenters. The third kappa shape index (κ3) is 3.06. The van der Waals surface area contributed by atoms with E-state index in [1.165, 1.54) is 20.0 Å². The number of halogens is 2. The molecule has 2 heterocycles. The topological polar surface area (TPSA) is 34.1 Å². The third-order valence-electron chi connectivity index (χ3n) is 3.14. The summed E-state index contributed by atoms with van der Waals surface area (Å²) in [5, 5.41) is 4.66. The lowest BCUT2D eigenvalue weighted by Gasteiger charge is -1.96. The van der Waals surface area contributed by atoms with E-state index in [1.807, 2.05) is 6.07 Å². The highest BCUT2D eigenvalue weighted by Crippen LogP contribution is 2.36. The first kappa shape index (κ1) is 15.9. The summed E-state index contributed by atoms with van der Waals surface area (Å²) < 4.78 is 25.9. The first-order valence-electron chi connectivity index (χ1n) is 6.32. The number of hydrogen-bond acceptors (Lipinski definition) is 3. The van der Waals surface area contributed by atoms with Crippen molar-refractivity contribution in [2.24, 2.45) is 0 Å². The zero-order valence-corrected chi connectivity index (χ0v) is 16.0. The van der Waals surface area contributed by atoms with Gasteiger partial charge in [-0.2, -0.15) is 0 Å². The average Bonchev–Trinajstić information content (AvgIpc) is 3.00. The smallest absolute Gasteiger partial charge is 0.201 e. The van der Waals surface area contributed by atoms with Crippen molar-refractivity contribution >= 4 is 67.6 Å². The van der Waals surface area contributed by atoms with E-state index >= 15 is 0 Å². The van der Waals surface area contributed by atoms with Crippen LogP contribution in [0.5, 0.6) is 0 Å². The van der Waals surface area contributed by atoms with E-state index in [0.717, 1.165) is 5.56 Å². The third-order valence-corrected chi connectivity index (χ3v) is 7.54. The Hall–Kier alpha value is -0.950. The van der Waals surface area contributed by atoms with Crippen LogP contribution < -0.4 is 0 Å². The van der Waals surface area contributed by atoms with Crippen LogP contribution in [-0.2, 0) is 9.84 Å². The predicted octanol–water partition coefficient (Wildman–Crippen LogP) is 5.83. The highest BCUT2D eigenvalue weighted by molar-refractivity contribution is 9.15. The first-order chi connectivity index (χ1) is 10.5. The van der Waals surface area contributed by atoms with Crippen LogP contribution in [0.25, 0.3) is 14.6 Å². The van der Waals surface area contributed by atoms with Gasteiger partial charge in [0, 0.05) is 30.0 Å². The van der Waals surface area contributed by atoms with Gasteiger partial charge in [0.15, 0.2) is 0 Å². The molecule has 1 aromatic heterocycles. The molecule has 0 radical (unpaired) electrons. The van der Waals surface area contributed by atoms with Crippen molar-refractivity contribution in [3.05, 3.63) is 69.4 Å². The second-order valence-corrected chi connectivity index (χ2v) is 8.97. The van der Waals surface area contributed by atoms with Crippen LogP contribution in [0, 0.1) is 0 Å². The maximum Gasteiger partial charge on any atom is 0.201 e. The molecule has 6 heteroatoms. The Morgan fingerprint density at radius 2 is 1.59 bits per heavy atom. The van der Waals surface area contributed by atoms with Crippen LogP contribution in [0.2, 0.25) is 0 Å². The number of hydrogen-bond donors (Lipinski definition) is 0. The Balaban J connectivity index is 0.000000133. The van der Waals surface area contributed by atoms with Crippen LogP contribution in [0.3, 0.4) is 0 Å². The predicted molar refractivity (Wildman–Crippen MR) is 100 cm³/mol. The van der Waals surface area contributed by atoms with E-state index in [2.05, 4.69) is 61.5 Å². The minimum atomic E-state index is -3.16. The minimum Gasteiger partial charge on any atom is -0.219 e. The van der Waals surface area contributed by atoms with E-state index < -0.39 is 9.84 Å². The van der Waals surface area contributed by atoms with Gasteiger partial charge in [0.05, 0.1) is 10.3 Å². The van der Waals surface area contributed by atoms with Gasteiger partial charge in [0.1, 0.15) is 0 Å². The quantitative estimate of drug-likeness (QED) is 0.425. The molecule has 2 aromatic carbocycles. The molecule has 4 rings (SSSR count). The molecule has 0 bridgehead atoms. The fourth-order valence-electron chi connectivity index (χ4n) is 2.12. The highest BCUT2D eigenvalue weighted by atomic mass is 79.9. The van der Waals surface area contributed by atoms with Crippen molar-refractivity contribution in [3.8, 4) is 0 Å². The summed E-state index contributed by atoms with van der Waals surface area (Å²) in [6.45, 7) is 0. The van der Waals surface area contributed by atoms with Gasteiger partial charge in [-0.15, -0.1) is 11.3 Å². The van der Waals surface area contributed by atoms with Crippen LogP contribution in [0.4, 0.5) is 0 Å². The van der Waals surface area contributed by atoms with Crippen molar-refractivity contribution in [2.75, 3.05) is 0 Å². The maximum absolute atomic E-state index is 11.4. The lowest BCUT2D eigenvalue weighted by molar-refractivity contribution is 0.605. The summed E-state index contributed by atoms with van der Waals surface area (Å²) in [5.41, 5.74) is 0.748. The van der Waals surface area contributed by atoms with E-state index in [4.69, 9.17) is 0 Å². The number of rotatable bonds is 0. The molecule has 0 aliphatic carbocycles. The molecular weight excluding hydrogens is 448 g/mol. The Morgan fingerprint density at radius 1 is 0.909 bits per heavy atom. The van der Waals surface area contributed by atoms with Crippen LogP contribution in [0.1, 0.15) is 5.56 Å². The first-order valence-corrected chi connectivity index (χ1v) is 10.3. The summed E-state index contributed by atoms with van der Waals surface area (Å²) in [7, 11) is -3.16. The second-order valence-electron chi connectivity index (χ2n) is 4.59. The van der Waals surface area contributed by atoms with Crippen molar-refractivity contribution in [2.45, 2.75) is 4.90 Å². The molecule has 0 N–H and O–H groups in total. The van der Waals surface area contributed by atoms with Crippen LogP contribution >= 0.6 is 43.2 Å². The number of sulfone groups is 1. The van der Waals surface area contributed by atoms with Gasteiger partial charge in [-0.1, -0.05) is 36.4 Å². The van der Waals surface area contributed by atoms with Gasteiger partial charge >= 0.3 is 0 Å². The lowest BCUT2D eigenvalue weighted by atomic mass is 10.2. The van der Waals surface area contributed by atoms with Gasteiger partial charge in [-0.05, 0) is 44.0 Å². The Labute approximate surface area is 149 Å². The molecule has 112 valence electrons. The number of thiophene rings is 1. The Bertz CT molecular complexity index is 972. The molecule has 1 aliphatic rings. The number of fused-ring (bicyclic) bond motifs is 2. The zero-order chi connectivity index (χ0) is 15.7. The molecule has 3 aromatic rings. The maximum atomic E-state index is 11.4. The van der Waals surface area contributed by atoms with Crippen LogP contribution in [-0.4, -0.2) is 8.42 Å². The largest absolute Gasteiger partial charge is 0.219 e. The molecule has 0 fully saturated rings. The number of benzene rings is 2. The van der Waals surface area contributed by atoms with Gasteiger partial charge in [0.25, 0.3) is 0 Å². The minimum absolute atomic E-state index is 0.386. The zero-order valence-electron chi connectivity index (χ0n) is 11.2. The fourth-order valence-corrected chi connectivity index (χ4v) is 6.19. The monoisotopic (exact) mass is 456 g/mol. The summed E-state index contributed by atoms with van der Waals surface area (Å²) >= 11 is 8.44. The Morgan fingerprint density at radius 3 is 2.32 bits per heavy atom. The summed E-state index contributed by atoms with van der Waals surface area (Å²) in [4.78, 5) is 0.386. The summed E-state index contributed by atoms with van der Waals surface area (Å²) in [6, 6.07) is 15.3. The molecule has 0 amide bonds. The van der Waals surface area contributed by atoms with Gasteiger partial charge in [-0.25, -0.2) is 8.42 Å². The second kappa shape index (κ2) is 6.28. The van der Waals surface area contributed by atoms with Gasteiger partial charge in [0.2, 0.25) is 9.84 Å². The molecule has 0 saturated heterocycles. The molecular formula is C16H10Br2O2S2. The van der Waals surface area contributed by atoms with E-state index in [-0.39, 0.29) is 0 Å². The SMILES string of the molecule is Brc1csc2ccccc12.O=S1(=O)C=C(Br)c2ccccc21. The van der Waals surface area contributed by atoms with E-state index in [1.54, 1.807) is 29.5 Å². The molecule has 1 aliphatic heterocycles. The van der Waals surface area contributed by atoms with Crippen molar-refractivity contribution in [3.63, 3.8) is 0 Å². The van der Waals surface area contributed by atoms with E-state index in [0.29, 0.717) is 9.38 Å². The molecule has 0 unspecified atom stereocenters. The highest BCUT2D eigenvalue weighted by Gasteiger charge is 2.24. The molecule has 22 heavy (non-hydrogen) atoms. The lowest BCUT2D eigenvalue weighted by Crippen LogP contribution is -1.91. The molecule has 2 nitrogen and oxygen atoms in total. The standard InChI is InChI=1S/C8H5BrO2S.C8H5BrS/c9-7-5-12(10,11)8-4-2-1-3-6(7)8;9-7-5-10-8-4-2-1-3-6(7)8/h1-5H;1-5H. The molecule has 0 saturated carbocycles. The van der Waals surface area contributed by atoms with Gasteiger partial charge in [-0.3, -0.25) is 0 Å². The fraction of sp³-hybridized carbons (Fsp3) is 0. The van der Waals surface area contributed by atoms with Crippen molar-refractivity contribution in [1.82, 2.24) is 0 Å². The van der Waals surface area contributed by atoms with Gasteiger partial charge < -0.3 is 0 Å². The van der Waals surface area contributed by atoms with Crippen molar-refractivity contribution in [1.29, 1.82) is 0 Å². The molecule has 0 spiro atoms. The average molecular weight is 458 g/mol.